The third-order valence-corrected chi connectivity index (χ3v) is 3.32. The van der Waals surface area contributed by atoms with E-state index in [1.165, 1.54) is 12.1 Å². The van der Waals surface area contributed by atoms with Crippen molar-refractivity contribution in [3.8, 4) is 5.75 Å². The number of nitrogens with zero attached hydrogens (tertiary/aromatic N) is 2. The summed E-state index contributed by atoms with van der Waals surface area (Å²) in [5.74, 6) is 0.636. The molecule has 0 aliphatic rings. The van der Waals surface area contributed by atoms with Gasteiger partial charge in [0, 0.05) is 12.3 Å². The van der Waals surface area contributed by atoms with Crippen LogP contribution >= 0.6 is 23.2 Å². The minimum absolute atomic E-state index is 0.00268. The van der Waals surface area contributed by atoms with Crippen molar-refractivity contribution in [2.75, 3.05) is 5.73 Å². The van der Waals surface area contributed by atoms with Gasteiger partial charge in [-0.3, -0.25) is 10.1 Å². The van der Waals surface area contributed by atoms with Crippen molar-refractivity contribution in [1.82, 2.24) is 4.98 Å². The van der Waals surface area contributed by atoms with E-state index in [4.69, 9.17) is 33.7 Å². The minimum atomic E-state index is -0.610. The second-order valence-electron chi connectivity index (χ2n) is 3.85. The number of hydrogen-bond donors (Lipinski definition) is 1. The highest BCUT2D eigenvalue weighted by Crippen LogP contribution is 2.38. The fraction of sp³-hybridized carbons (Fsp3) is 0.0833. The van der Waals surface area contributed by atoms with Gasteiger partial charge in [-0.1, -0.05) is 23.2 Å². The van der Waals surface area contributed by atoms with E-state index in [0.717, 1.165) is 5.56 Å². The summed E-state index contributed by atoms with van der Waals surface area (Å²) in [6, 6.07) is 6.03. The van der Waals surface area contributed by atoms with E-state index in [2.05, 4.69) is 4.98 Å². The molecule has 8 heteroatoms. The van der Waals surface area contributed by atoms with Crippen LogP contribution in [0, 0.1) is 10.1 Å². The quantitative estimate of drug-likeness (QED) is 0.689. The fourth-order valence-electron chi connectivity index (χ4n) is 1.52. The van der Waals surface area contributed by atoms with Crippen LogP contribution in [0.25, 0.3) is 0 Å². The van der Waals surface area contributed by atoms with Crippen LogP contribution in [-0.4, -0.2) is 9.91 Å². The summed E-state index contributed by atoms with van der Waals surface area (Å²) in [7, 11) is 0. The Bertz CT molecular complexity index is 664. The summed E-state index contributed by atoms with van der Waals surface area (Å²) in [6.45, 7) is 0.195. The number of pyridine rings is 1. The number of nitrogens with two attached hydrogens (primary N) is 1. The van der Waals surface area contributed by atoms with E-state index in [-0.39, 0.29) is 28.1 Å². The van der Waals surface area contributed by atoms with Crippen molar-refractivity contribution < 1.29 is 9.66 Å². The number of hydrogen-bond acceptors (Lipinski definition) is 5. The van der Waals surface area contributed by atoms with Gasteiger partial charge in [0.1, 0.15) is 28.2 Å². The van der Waals surface area contributed by atoms with Crippen molar-refractivity contribution in [2.45, 2.75) is 6.61 Å². The molecule has 1 heterocycles. The number of nitro groups is 1. The number of nitrogen functional groups attached to an aromatic ring is 1. The molecule has 0 spiro atoms. The van der Waals surface area contributed by atoms with Gasteiger partial charge in [-0.15, -0.1) is 0 Å². The Labute approximate surface area is 124 Å². The molecule has 6 nitrogen and oxygen atoms in total. The summed E-state index contributed by atoms with van der Waals surface area (Å²) in [6.07, 6.45) is 1.55. The molecule has 104 valence electrons. The third kappa shape index (κ3) is 3.09. The van der Waals surface area contributed by atoms with Gasteiger partial charge < -0.3 is 10.5 Å². The van der Waals surface area contributed by atoms with Gasteiger partial charge in [0.25, 0.3) is 5.69 Å². The smallest absolute Gasteiger partial charge is 0.289 e. The molecule has 0 fully saturated rings. The fourth-order valence-corrected chi connectivity index (χ4v) is 1.96. The molecule has 0 radical (unpaired) electrons. The number of ether oxygens (including phenoxy) is 1. The van der Waals surface area contributed by atoms with Crippen LogP contribution in [0.4, 0.5) is 11.5 Å². The Balaban J connectivity index is 2.18. The maximum Gasteiger partial charge on any atom is 0.289 e. The summed E-state index contributed by atoms with van der Waals surface area (Å²) in [4.78, 5) is 14.0. The second-order valence-corrected chi connectivity index (χ2v) is 4.60. The summed E-state index contributed by atoms with van der Waals surface area (Å²) in [5, 5.41) is 10.6. The van der Waals surface area contributed by atoms with E-state index in [1.807, 2.05) is 0 Å². The lowest BCUT2D eigenvalue weighted by Crippen LogP contribution is -1.99. The zero-order valence-electron chi connectivity index (χ0n) is 10.0. The molecule has 0 bridgehead atoms. The molecule has 2 N–H and O–H groups in total. The van der Waals surface area contributed by atoms with E-state index in [9.17, 15) is 10.1 Å². The van der Waals surface area contributed by atoms with Crippen LogP contribution in [-0.2, 0) is 6.61 Å². The monoisotopic (exact) mass is 313 g/mol. The van der Waals surface area contributed by atoms with Gasteiger partial charge in [0.15, 0.2) is 0 Å². The van der Waals surface area contributed by atoms with Crippen molar-refractivity contribution in [3.05, 3.63) is 56.2 Å². The molecule has 0 aliphatic heterocycles. The first-order chi connectivity index (χ1) is 9.49. The Kier molecular flexibility index (Phi) is 4.26. The molecule has 2 rings (SSSR count). The first-order valence-corrected chi connectivity index (χ1v) is 6.20. The number of rotatable bonds is 4. The number of anilines is 1. The molecular weight excluding hydrogens is 305 g/mol. The van der Waals surface area contributed by atoms with E-state index in [0.29, 0.717) is 5.82 Å². The Hall–Kier alpha value is -2.05. The third-order valence-electron chi connectivity index (χ3n) is 2.46. The van der Waals surface area contributed by atoms with Gasteiger partial charge in [0.2, 0.25) is 0 Å². The Morgan fingerprint density at radius 2 is 2.05 bits per heavy atom. The zero-order chi connectivity index (χ0) is 14.7. The van der Waals surface area contributed by atoms with Gasteiger partial charge in [-0.25, -0.2) is 4.98 Å². The molecule has 20 heavy (non-hydrogen) atoms. The maximum absolute atomic E-state index is 10.7. The van der Waals surface area contributed by atoms with E-state index >= 15 is 0 Å². The highest BCUT2D eigenvalue weighted by atomic mass is 35.5. The molecule has 0 unspecified atom stereocenters. The van der Waals surface area contributed by atoms with Crippen LogP contribution < -0.4 is 10.5 Å². The summed E-state index contributed by atoms with van der Waals surface area (Å²) >= 11 is 11.8. The Morgan fingerprint density at radius 3 is 2.70 bits per heavy atom. The maximum atomic E-state index is 10.7. The molecule has 0 saturated heterocycles. The highest BCUT2D eigenvalue weighted by molar-refractivity contribution is 6.44. The first kappa shape index (κ1) is 14.4. The van der Waals surface area contributed by atoms with Crippen LogP contribution in [0.15, 0.2) is 30.5 Å². The van der Waals surface area contributed by atoms with Gasteiger partial charge in [-0.05, 0) is 23.8 Å². The second kappa shape index (κ2) is 5.94. The minimum Gasteiger partial charge on any atom is -0.487 e. The summed E-state index contributed by atoms with van der Waals surface area (Å²) < 4.78 is 5.47. The van der Waals surface area contributed by atoms with Crippen molar-refractivity contribution in [1.29, 1.82) is 0 Å². The van der Waals surface area contributed by atoms with E-state index in [1.54, 1.807) is 18.3 Å². The van der Waals surface area contributed by atoms with Crippen LogP contribution in [0.5, 0.6) is 5.75 Å². The SMILES string of the molecule is Nc1cc(COc2ccc([N+](=O)[O-])c(Cl)c2Cl)ccn1. The number of halogens is 2. The molecule has 0 aliphatic carbocycles. The average Bonchev–Trinajstić information content (AvgIpc) is 2.40. The zero-order valence-corrected chi connectivity index (χ0v) is 11.6. The molecular formula is C12H9Cl2N3O3. The van der Waals surface area contributed by atoms with Crippen molar-refractivity contribution in [2.24, 2.45) is 0 Å². The van der Waals surface area contributed by atoms with Crippen molar-refractivity contribution in [3.63, 3.8) is 0 Å². The molecule has 1 aromatic carbocycles. The van der Waals surface area contributed by atoms with Gasteiger partial charge in [0.05, 0.1) is 4.92 Å². The number of benzene rings is 1. The molecule has 1 aromatic heterocycles. The lowest BCUT2D eigenvalue weighted by molar-refractivity contribution is -0.384. The predicted octanol–water partition coefficient (Wildman–Crippen LogP) is 3.46. The molecule has 0 atom stereocenters. The van der Waals surface area contributed by atoms with E-state index < -0.39 is 4.92 Å². The predicted molar refractivity (Wildman–Crippen MR) is 76.1 cm³/mol. The normalized spacial score (nSPS) is 10.3. The lowest BCUT2D eigenvalue weighted by atomic mass is 10.2. The molecule has 2 aromatic rings. The topological polar surface area (TPSA) is 91.3 Å². The standard InChI is InChI=1S/C12H9Cl2N3O3/c13-11-8(17(18)19)1-2-9(12(11)14)20-6-7-3-4-16-10(15)5-7/h1-5H,6H2,(H2,15,16). The largest absolute Gasteiger partial charge is 0.487 e. The summed E-state index contributed by atoms with van der Waals surface area (Å²) in [5.41, 5.74) is 6.07. The van der Waals surface area contributed by atoms with Crippen LogP contribution in [0.3, 0.4) is 0 Å². The number of aromatic nitrogens is 1. The average molecular weight is 314 g/mol. The number of nitro benzene ring substituents is 1. The van der Waals surface area contributed by atoms with Crippen LogP contribution in [0.1, 0.15) is 5.56 Å². The molecule has 0 saturated carbocycles. The molecule has 0 amide bonds. The highest BCUT2D eigenvalue weighted by Gasteiger charge is 2.18. The Morgan fingerprint density at radius 1 is 1.30 bits per heavy atom. The van der Waals surface area contributed by atoms with Crippen molar-refractivity contribution >= 4 is 34.7 Å². The van der Waals surface area contributed by atoms with Crippen LogP contribution in [0.2, 0.25) is 10.0 Å². The van der Waals surface area contributed by atoms with Gasteiger partial charge >= 0.3 is 0 Å². The van der Waals surface area contributed by atoms with Gasteiger partial charge in [-0.2, -0.15) is 0 Å². The first-order valence-electron chi connectivity index (χ1n) is 5.44. The lowest BCUT2D eigenvalue weighted by Gasteiger charge is -2.09.